The maximum atomic E-state index is 12.1. The zero-order valence-electron chi connectivity index (χ0n) is 14.1. The van der Waals surface area contributed by atoms with Crippen LogP contribution in [0.4, 0.5) is 5.69 Å². The van der Waals surface area contributed by atoms with Crippen LogP contribution < -0.4 is 20.9 Å². The molecule has 134 valence electrons. The normalized spacial score (nSPS) is 14.5. The van der Waals surface area contributed by atoms with Crippen LogP contribution in [0.15, 0.2) is 46.1 Å². The van der Waals surface area contributed by atoms with E-state index >= 15 is 0 Å². The Bertz CT molecular complexity index is 779. The highest BCUT2D eigenvalue weighted by molar-refractivity contribution is 5.42. The Hall–Kier alpha value is -2.54. The van der Waals surface area contributed by atoms with Gasteiger partial charge in [-0.1, -0.05) is 18.2 Å². The summed E-state index contributed by atoms with van der Waals surface area (Å²) >= 11 is 0. The maximum Gasteiger partial charge on any atom is 0.328 e. The minimum absolute atomic E-state index is 0.337. The van der Waals surface area contributed by atoms with Crippen LogP contribution in [0.5, 0.6) is 5.75 Å². The Morgan fingerprint density at radius 2 is 1.84 bits per heavy atom. The SMILES string of the molecule is O=c1[nH]c(=O)n(CCCCOc2ccccc2)cc1N1CCOCC1. The van der Waals surface area contributed by atoms with Crippen molar-refractivity contribution in [3.8, 4) is 5.75 Å². The number of nitrogens with one attached hydrogen (secondary N) is 1. The number of hydrogen-bond donors (Lipinski definition) is 1. The summed E-state index contributed by atoms with van der Waals surface area (Å²) in [6, 6.07) is 9.65. The van der Waals surface area contributed by atoms with E-state index in [1.807, 2.05) is 35.2 Å². The Balaban J connectivity index is 1.54. The monoisotopic (exact) mass is 345 g/mol. The first-order valence-corrected chi connectivity index (χ1v) is 8.58. The lowest BCUT2D eigenvalue weighted by Crippen LogP contribution is -2.42. The number of unbranched alkanes of at least 4 members (excludes halogenated alkanes) is 1. The highest BCUT2D eigenvalue weighted by atomic mass is 16.5. The van der Waals surface area contributed by atoms with E-state index in [9.17, 15) is 9.59 Å². The highest BCUT2D eigenvalue weighted by Crippen LogP contribution is 2.10. The topological polar surface area (TPSA) is 76.6 Å². The van der Waals surface area contributed by atoms with Gasteiger partial charge in [0.15, 0.2) is 0 Å². The second-order valence-corrected chi connectivity index (χ2v) is 5.94. The third-order valence-corrected chi connectivity index (χ3v) is 4.15. The highest BCUT2D eigenvalue weighted by Gasteiger charge is 2.15. The molecule has 0 amide bonds. The van der Waals surface area contributed by atoms with Crippen LogP contribution in [0.25, 0.3) is 0 Å². The Morgan fingerprint density at radius 1 is 1.08 bits per heavy atom. The van der Waals surface area contributed by atoms with Crippen molar-refractivity contribution in [2.75, 3.05) is 37.8 Å². The van der Waals surface area contributed by atoms with E-state index in [-0.39, 0.29) is 11.2 Å². The van der Waals surface area contributed by atoms with Crippen molar-refractivity contribution in [3.05, 3.63) is 57.4 Å². The first-order chi connectivity index (χ1) is 12.2. The number of anilines is 1. The molecule has 3 rings (SSSR count). The molecular formula is C18H23N3O4. The molecule has 0 unspecified atom stereocenters. The van der Waals surface area contributed by atoms with E-state index in [0.29, 0.717) is 45.1 Å². The van der Waals surface area contributed by atoms with Crippen molar-refractivity contribution in [2.45, 2.75) is 19.4 Å². The summed E-state index contributed by atoms with van der Waals surface area (Å²) in [5.74, 6) is 0.846. The molecular weight excluding hydrogens is 322 g/mol. The van der Waals surface area contributed by atoms with Crippen LogP contribution in [-0.2, 0) is 11.3 Å². The lowest BCUT2D eigenvalue weighted by Gasteiger charge is -2.28. The largest absolute Gasteiger partial charge is 0.494 e. The van der Waals surface area contributed by atoms with Gasteiger partial charge in [0.2, 0.25) is 0 Å². The van der Waals surface area contributed by atoms with E-state index in [1.54, 1.807) is 10.8 Å². The predicted octanol–water partition coefficient (Wildman–Crippen LogP) is 1.23. The standard InChI is InChI=1S/C18H23N3O4/c22-17-16(20-9-12-24-13-10-20)14-21(18(23)19-17)8-4-5-11-25-15-6-2-1-3-7-15/h1-3,6-7,14H,4-5,8-13H2,(H,19,22,23). The number of nitrogens with zero attached hydrogens (tertiary/aromatic N) is 2. The number of aryl methyl sites for hydroxylation is 1. The molecule has 0 atom stereocenters. The number of para-hydroxylation sites is 1. The minimum atomic E-state index is -0.369. The third kappa shape index (κ3) is 4.73. The number of morpholine rings is 1. The molecule has 1 aliphatic rings. The molecule has 7 heteroatoms. The van der Waals surface area contributed by atoms with Crippen LogP contribution in [0.1, 0.15) is 12.8 Å². The van der Waals surface area contributed by atoms with Gasteiger partial charge in [-0.3, -0.25) is 14.3 Å². The van der Waals surface area contributed by atoms with Crippen LogP contribution >= 0.6 is 0 Å². The zero-order valence-corrected chi connectivity index (χ0v) is 14.1. The summed E-state index contributed by atoms with van der Waals surface area (Å²) in [4.78, 5) is 28.4. The van der Waals surface area contributed by atoms with Crippen molar-refractivity contribution >= 4 is 5.69 Å². The molecule has 0 radical (unpaired) electrons. The summed E-state index contributed by atoms with van der Waals surface area (Å²) in [6.07, 6.45) is 3.28. The molecule has 1 saturated heterocycles. The summed E-state index contributed by atoms with van der Waals surface area (Å²) in [7, 11) is 0. The Labute approximate surface area is 145 Å². The number of aromatic nitrogens is 2. The molecule has 0 saturated carbocycles. The van der Waals surface area contributed by atoms with Gasteiger partial charge in [-0.2, -0.15) is 0 Å². The molecule has 0 spiro atoms. The first-order valence-electron chi connectivity index (χ1n) is 8.58. The minimum Gasteiger partial charge on any atom is -0.494 e. The fraction of sp³-hybridized carbons (Fsp3) is 0.444. The smallest absolute Gasteiger partial charge is 0.328 e. The van der Waals surface area contributed by atoms with Gasteiger partial charge >= 0.3 is 5.69 Å². The van der Waals surface area contributed by atoms with Crippen molar-refractivity contribution in [1.82, 2.24) is 9.55 Å². The average Bonchev–Trinajstić information content (AvgIpc) is 2.64. The second kappa shape index (κ2) is 8.53. The van der Waals surface area contributed by atoms with Gasteiger partial charge in [0.1, 0.15) is 11.4 Å². The van der Waals surface area contributed by atoms with E-state index in [0.717, 1.165) is 18.6 Å². The van der Waals surface area contributed by atoms with Gasteiger partial charge in [-0.25, -0.2) is 4.79 Å². The number of ether oxygens (including phenoxy) is 2. The zero-order chi connectivity index (χ0) is 17.5. The number of benzene rings is 1. The molecule has 1 fully saturated rings. The van der Waals surface area contributed by atoms with Crippen LogP contribution in [0.3, 0.4) is 0 Å². The second-order valence-electron chi connectivity index (χ2n) is 5.94. The van der Waals surface area contributed by atoms with Crippen molar-refractivity contribution in [3.63, 3.8) is 0 Å². The first kappa shape index (κ1) is 17.3. The lowest BCUT2D eigenvalue weighted by molar-refractivity contribution is 0.122. The van der Waals surface area contributed by atoms with Crippen LogP contribution in [-0.4, -0.2) is 42.5 Å². The van der Waals surface area contributed by atoms with Gasteiger partial charge in [-0.05, 0) is 25.0 Å². The van der Waals surface area contributed by atoms with E-state index in [2.05, 4.69) is 4.98 Å². The summed E-state index contributed by atoms with van der Waals surface area (Å²) in [6.45, 7) is 3.65. The predicted molar refractivity (Wildman–Crippen MR) is 95.5 cm³/mol. The molecule has 1 aromatic carbocycles. The molecule has 2 aromatic rings. The molecule has 25 heavy (non-hydrogen) atoms. The molecule has 2 heterocycles. The summed E-state index contributed by atoms with van der Waals surface area (Å²) in [5, 5.41) is 0. The van der Waals surface area contributed by atoms with Gasteiger partial charge in [0, 0.05) is 25.8 Å². The van der Waals surface area contributed by atoms with E-state index in [4.69, 9.17) is 9.47 Å². The molecule has 1 N–H and O–H groups in total. The number of rotatable bonds is 7. The van der Waals surface area contributed by atoms with Crippen molar-refractivity contribution < 1.29 is 9.47 Å². The average molecular weight is 345 g/mol. The molecule has 0 aliphatic carbocycles. The number of hydrogen-bond acceptors (Lipinski definition) is 5. The lowest BCUT2D eigenvalue weighted by atomic mass is 10.3. The van der Waals surface area contributed by atoms with E-state index < -0.39 is 0 Å². The number of aromatic amines is 1. The van der Waals surface area contributed by atoms with Crippen molar-refractivity contribution in [2.24, 2.45) is 0 Å². The Morgan fingerprint density at radius 3 is 2.60 bits per heavy atom. The van der Waals surface area contributed by atoms with Gasteiger partial charge in [0.05, 0.1) is 19.8 Å². The van der Waals surface area contributed by atoms with Crippen LogP contribution in [0.2, 0.25) is 0 Å². The maximum absolute atomic E-state index is 12.1. The molecule has 1 aliphatic heterocycles. The fourth-order valence-electron chi connectivity index (χ4n) is 2.78. The van der Waals surface area contributed by atoms with E-state index in [1.165, 1.54) is 0 Å². The Kier molecular flexibility index (Phi) is 5.90. The summed E-state index contributed by atoms with van der Waals surface area (Å²) in [5.41, 5.74) is -0.176. The van der Waals surface area contributed by atoms with Gasteiger partial charge in [0.25, 0.3) is 5.56 Å². The fourth-order valence-corrected chi connectivity index (χ4v) is 2.78. The molecule has 1 aromatic heterocycles. The van der Waals surface area contributed by atoms with Crippen molar-refractivity contribution in [1.29, 1.82) is 0 Å². The summed E-state index contributed by atoms with van der Waals surface area (Å²) < 4.78 is 12.5. The van der Waals surface area contributed by atoms with Crippen LogP contribution in [0, 0.1) is 0 Å². The quantitative estimate of drug-likeness (QED) is 0.764. The van der Waals surface area contributed by atoms with Gasteiger partial charge < -0.3 is 14.4 Å². The number of H-pyrrole nitrogens is 1. The molecule has 0 bridgehead atoms. The third-order valence-electron chi connectivity index (χ3n) is 4.15. The van der Waals surface area contributed by atoms with Gasteiger partial charge in [-0.15, -0.1) is 0 Å². The molecule has 7 nitrogen and oxygen atoms in total.